The second-order valence-corrected chi connectivity index (χ2v) is 13.5. The number of carbonyl (C=O) groups is 1. The van der Waals surface area contributed by atoms with Crippen LogP contribution in [0.5, 0.6) is 0 Å². The van der Waals surface area contributed by atoms with Gasteiger partial charge in [0.05, 0.1) is 17.3 Å². The summed E-state index contributed by atoms with van der Waals surface area (Å²) in [5.74, 6) is 0.149. The molecule has 2 aromatic rings. The average molecular weight is 527 g/mol. The number of fused-ring (bicyclic) bond motifs is 2. The maximum absolute atomic E-state index is 12.0. The number of aromatic nitrogens is 1. The molecule has 6 heteroatoms. The van der Waals surface area contributed by atoms with Crippen LogP contribution in [0.2, 0.25) is 0 Å². The van der Waals surface area contributed by atoms with Crippen molar-refractivity contribution in [3.8, 4) is 0 Å². The van der Waals surface area contributed by atoms with Crippen LogP contribution in [0.15, 0.2) is 60.0 Å². The van der Waals surface area contributed by atoms with E-state index in [1.54, 1.807) is 0 Å². The third-order valence-corrected chi connectivity index (χ3v) is 11.8. The molecule has 2 saturated heterocycles. The number of aliphatic hydroxyl groups excluding tert-OH is 1. The highest BCUT2D eigenvalue weighted by molar-refractivity contribution is 5.82. The molecule has 0 amide bonds. The fourth-order valence-electron chi connectivity index (χ4n) is 10.0. The Morgan fingerprint density at radius 2 is 2.05 bits per heavy atom. The number of allylic oxidation sites excluding steroid dienone is 1. The average Bonchev–Trinajstić information content (AvgIpc) is 3.59. The molecule has 3 aliphatic carbocycles. The molecule has 2 spiro atoms. The van der Waals surface area contributed by atoms with Gasteiger partial charge in [-0.15, -0.1) is 0 Å². The van der Waals surface area contributed by atoms with E-state index in [-0.39, 0.29) is 22.7 Å². The fourth-order valence-corrected chi connectivity index (χ4v) is 10.0. The highest BCUT2D eigenvalue weighted by Crippen LogP contribution is 2.69. The van der Waals surface area contributed by atoms with Gasteiger partial charge in [0.15, 0.2) is 0 Å². The Bertz CT molecular complexity index is 1430. The smallest absolute Gasteiger partial charge is 0.321 e. The summed E-state index contributed by atoms with van der Waals surface area (Å²) in [7, 11) is 0. The molecule has 2 bridgehead atoms. The summed E-state index contributed by atoms with van der Waals surface area (Å²) in [5.41, 5.74) is 3.88. The minimum Gasteiger partial charge on any atom is -0.480 e. The van der Waals surface area contributed by atoms with Crippen LogP contribution >= 0.6 is 0 Å². The lowest BCUT2D eigenvalue weighted by molar-refractivity contribution is -0.150. The van der Waals surface area contributed by atoms with Crippen molar-refractivity contribution in [3.05, 3.63) is 65.5 Å². The first-order valence-electron chi connectivity index (χ1n) is 14.9. The van der Waals surface area contributed by atoms with E-state index in [0.29, 0.717) is 24.8 Å². The molecule has 2 N–H and O–H groups in total. The largest absolute Gasteiger partial charge is 0.480 e. The Kier molecular flexibility index (Phi) is 5.13. The van der Waals surface area contributed by atoms with E-state index in [0.717, 1.165) is 38.5 Å². The van der Waals surface area contributed by atoms with Crippen molar-refractivity contribution in [2.75, 3.05) is 6.54 Å². The molecule has 1 aromatic heterocycles. The topological polar surface area (TPSA) is 82.9 Å². The predicted octanol–water partition coefficient (Wildman–Crippen LogP) is 5.37. The fraction of sp³-hybridized carbons (Fsp3) is 0.576. The molecule has 39 heavy (non-hydrogen) atoms. The zero-order valence-electron chi connectivity index (χ0n) is 22.7. The number of carboxylic acid groups (broad SMARTS) is 1. The van der Waals surface area contributed by atoms with Crippen LogP contribution in [0.4, 0.5) is 0 Å². The standard InChI is InChI=1S/C33H38N2O4/c1-31-10-8-24-15-23-4-5-25(35-19-26(36)16-28(35)30(37)38)17-32(23)11-12-33(24,39-32)29(31)7-6-27(31)21-3-2-20-9-13-34-18-22(20)14-21/h2-3,8-9,13-15,18,25-29,36H,4-7,10-12,16-17,19H2,1H3,(H,37,38)/t25-,26-,27-,28+,29-,31-,32-,33?/m1/s1. The summed E-state index contributed by atoms with van der Waals surface area (Å²) in [6.45, 7) is 2.96. The van der Waals surface area contributed by atoms with E-state index in [1.807, 2.05) is 12.4 Å². The summed E-state index contributed by atoms with van der Waals surface area (Å²) < 4.78 is 7.44. The summed E-state index contributed by atoms with van der Waals surface area (Å²) in [6.07, 6.45) is 16.8. The van der Waals surface area contributed by atoms with Crippen molar-refractivity contribution in [3.63, 3.8) is 0 Å². The molecule has 2 saturated carbocycles. The summed E-state index contributed by atoms with van der Waals surface area (Å²) in [6, 6.07) is 8.59. The highest BCUT2D eigenvalue weighted by atomic mass is 16.5. The maximum Gasteiger partial charge on any atom is 0.321 e. The van der Waals surface area contributed by atoms with Crippen molar-refractivity contribution < 1.29 is 19.7 Å². The number of β-amino-alcohol motifs (C(OH)–C–C–N with tert-alkyl or cyclic N) is 1. The van der Waals surface area contributed by atoms with Crippen LogP contribution in [-0.4, -0.2) is 62.0 Å². The molecular formula is C33H38N2O4. The minimum atomic E-state index is -0.812. The van der Waals surface area contributed by atoms with Crippen LogP contribution in [-0.2, 0) is 9.53 Å². The molecule has 6 aliphatic rings. The van der Waals surface area contributed by atoms with Crippen molar-refractivity contribution in [2.24, 2.45) is 11.3 Å². The molecule has 0 radical (unpaired) electrons. The van der Waals surface area contributed by atoms with Crippen molar-refractivity contribution in [2.45, 2.75) is 100 Å². The SMILES string of the molecule is C[C@]12CC=C3C=C4CC[C@@H](N5C[C@H](O)C[C@H]5C(=O)O)C[C@]45CCC3(O5)[C@@H]1CC[C@@H]2c1ccc2ccncc2c1. The first-order valence-corrected chi connectivity index (χ1v) is 14.9. The predicted molar refractivity (Wildman–Crippen MR) is 148 cm³/mol. The van der Waals surface area contributed by atoms with Gasteiger partial charge < -0.3 is 14.9 Å². The summed E-state index contributed by atoms with van der Waals surface area (Å²) >= 11 is 0. The normalized spacial score (nSPS) is 43.0. The molecule has 4 fully saturated rings. The van der Waals surface area contributed by atoms with Crippen molar-refractivity contribution in [1.82, 2.24) is 9.88 Å². The van der Waals surface area contributed by atoms with Gasteiger partial charge in [0.25, 0.3) is 0 Å². The lowest BCUT2D eigenvalue weighted by atomic mass is 9.58. The molecule has 8 atom stereocenters. The number of ether oxygens (including phenoxy) is 1. The number of benzene rings is 1. The van der Waals surface area contributed by atoms with Gasteiger partial charge in [-0.3, -0.25) is 14.7 Å². The molecular weight excluding hydrogens is 488 g/mol. The maximum atomic E-state index is 12.0. The van der Waals surface area contributed by atoms with Gasteiger partial charge in [0, 0.05) is 36.8 Å². The summed E-state index contributed by atoms with van der Waals surface area (Å²) in [5, 5.41) is 22.6. The summed E-state index contributed by atoms with van der Waals surface area (Å²) in [4.78, 5) is 18.4. The van der Waals surface area contributed by atoms with Crippen LogP contribution < -0.4 is 0 Å². The quantitative estimate of drug-likeness (QED) is 0.560. The number of nitrogens with zero attached hydrogens (tertiary/aromatic N) is 2. The number of pyridine rings is 1. The number of aliphatic carboxylic acids is 1. The Labute approximate surface area is 229 Å². The molecule has 1 aromatic carbocycles. The number of rotatable bonds is 3. The van der Waals surface area contributed by atoms with Crippen molar-refractivity contribution >= 4 is 16.7 Å². The molecule has 6 nitrogen and oxygen atoms in total. The van der Waals surface area contributed by atoms with Crippen LogP contribution in [0, 0.1) is 11.3 Å². The number of carboxylic acids is 1. The second-order valence-electron chi connectivity index (χ2n) is 13.5. The van der Waals surface area contributed by atoms with Crippen LogP contribution in [0.3, 0.4) is 0 Å². The molecule has 4 heterocycles. The third kappa shape index (κ3) is 3.31. The Morgan fingerprint density at radius 1 is 1.15 bits per heavy atom. The zero-order chi connectivity index (χ0) is 26.6. The Hall–Kier alpha value is -2.54. The van der Waals surface area contributed by atoms with Gasteiger partial charge >= 0.3 is 5.97 Å². The van der Waals surface area contributed by atoms with Gasteiger partial charge in [-0.25, -0.2) is 0 Å². The number of likely N-dealkylation sites (tertiary alicyclic amines) is 1. The first kappa shape index (κ1) is 24.3. The van der Waals surface area contributed by atoms with Crippen LogP contribution in [0.1, 0.15) is 76.2 Å². The van der Waals surface area contributed by atoms with Gasteiger partial charge in [-0.1, -0.05) is 31.2 Å². The van der Waals surface area contributed by atoms with Gasteiger partial charge in [-0.05, 0) is 103 Å². The number of hydrogen-bond acceptors (Lipinski definition) is 5. The monoisotopic (exact) mass is 526 g/mol. The van der Waals surface area contributed by atoms with E-state index >= 15 is 0 Å². The number of aliphatic hydroxyl groups is 1. The second kappa shape index (κ2) is 8.25. The Balaban J connectivity index is 1.12. The van der Waals surface area contributed by atoms with E-state index in [4.69, 9.17) is 4.74 Å². The van der Waals surface area contributed by atoms with Crippen molar-refractivity contribution in [1.29, 1.82) is 0 Å². The lowest BCUT2D eigenvalue weighted by Gasteiger charge is -2.55. The highest BCUT2D eigenvalue weighted by Gasteiger charge is 2.67. The van der Waals surface area contributed by atoms with E-state index < -0.39 is 18.1 Å². The third-order valence-electron chi connectivity index (χ3n) is 11.8. The van der Waals surface area contributed by atoms with Gasteiger partial charge in [0.1, 0.15) is 6.04 Å². The zero-order valence-corrected chi connectivity index (χ0v) is 22.7. The molecule has 8 rings (SSSR count). The molecule has 3 aliphatic heterocycles. The Morgan fingerprint density at radius 3 is 2.92 bits per heavy atom. The van der Waals surface area contributed by atoms with Gasteiger partial charge in [0.2, 0.25) is 0 Å². The van der Waals surface area contributed by atoms with Crippen LogP contribution in [0.25, 0.3) is 10.8 Å². The minimum absolute atomic E-state index is 0.137. The number of hydrogen-bond donors (Lipinski definition) is 2. The molecule has 204 valence electrons. The molecule has 1 unspecified atom stereocenters. The van der Waals surface area contributed by atoms with Gasteiger partial charge in [-0.2, -0.15) is 0 Å². The lowest BCUT2D eigenvalue weighted by Crippen LogP contribution is -2.56. The van der Waals surface area contributed by atoms with E-state index in [9.17, 15) is 15.0 Å². The van der Waals surface area contributed by atoms with E-state index in [2.05, 4.69) is 53.2 Å². The first-order chi connectivity index (χ1) is 18.8. The van der Waals surface area contributed by atoms with E-state index in [1.165, 1.54) is 40.3 Å².